The fourth-order valence-corrected chi connectivity index (χ4v) is 4.57. The number of hydrogen-bond acceptors (Lipinski definition) is 6. The van der Waals surface area contributed by atoms with Crippen molar-refractivity contribution in [1.29, 1.82) is 0 Å². The second-order valence-corrected chi connectivity index (χ2v) is 9.25. The first-order valence-electron chi connectivity index (χ1n) is 11.6. The number of hydrogen-bond donors (Lipinski definition) is 0. The Labute approximate surface area is 209 Å². The molecular weight excluding hydrogens is 462 g/mol. The summed E-state index contributed by atoms with van der Waals surface area (Å²) in [7, 11) is 1.56. The standard InChI is InChI=1S/C27H29N3O4S/c1-20-28-22(19-35-20)18-34-24-10-5-3-8-21(24)12-13-26(31)29-14-7-15-30(17-16-29)27(32)23-9-4-6-11-25(23)33-2/h3-6,8-13,19H,7,14-18H2,1-2H3/b13-12+. The molecule has 1 fully saturated rings. The van der Waals surface area contributed by atoms with Crippen molar-refractivity contribution in [3.63, 3.8) is 0 Å². The molecule has 8 heteroatoms. The van der Waals surface area contributed by atoms with Gasteiger partial charge in [-0.3, -0.25) is 9.59 Å². The van der Waals surface area contributed by atoms with E-state index in [1.54, 1.807) is 52.5 Å². The van der Waals surface area contributed by atoms with Crippen LogP contribution in [0.25, 0.3) is 6.08 Å². The molecule has 1 saturated heterocycles. The van der Waals surface area contributed by atoms with Crippen LogP contribution >= 0.6 is 11.3 Å². The third-order valence-electron chi connectivity index (χ3n) is 5.80. The molecule has 0 atom stereocenters. The fraction of sp³-hybridized carbons (Fsp3) is 0.296. The van der Waals surface area contributed by atoms with Crippen molar-refractivity contribution in [3.8, 4) is 11.5 Å². The van der Waals surface area contributed by atoms with E-state index < -0.39 is 0 Å². The van der Waals surface area contributed by atoms with Crippen LogP contribution in [-0.2, 0) is 11.4 Å². The smallest absolute Gasteiger partial charge is 0.257 e. The summed E-state index contributed by atoms with van der Waals surface area (Å²) >= 11 is 1.59. The van der Waals surface area contributed by atoms with E-state index in [2.05, 4.69) is 4.98 Å². The molecule has 2 amide bonds. The third kappa shape index (κ3) is 6.27. The second kappa shape index (κ2) is 11.7. The molecule has 0 aliphatic carbocycles. The lowest BCUT2D eigenvalue weighted by Gasteiger charge is -2.22. The molecule has 0 radical (unpaired) electrons. The lowest BCUT2D eigenvalue weighted by atomic mass is 10.1. The van der Waals surface area contributed by atoms with Gasteiger partial charge in [-0.2, -0.15) is 0 Å². The summed E-state index contributed by atoms with van der Waals surface area (Å²) in [5, 5.41) is 2.99. The van der Waals surface area contributed by atoms with E-state index in [0.29, 0.717) is 56.3 Å². The van der Waals surface area contributed by atoms with Gasteiger partial charge >= 0.3 is 0 Å². The number of para-hydroxylation sites is 2. The van der Waals surface area contributed by atoms with Gasteiger partial charge in [0, 0.05) is 43.2 Å². The van der Waals surface area contributed by atoms with Gasteiger partial charge in [-0.25, -0.2) is 4.98 Å². The van der Waals surface area contributed by atoms with Gasteiger partial charge < -0.3 is 19.3 Å². The van der Waals surface area contributed by atoms with Crippen molar-refractivity contribution < 1.29 is 19.1 Å². The molecule has 0 unspecified atom stereocenters. The molecule has 1 aliphatic heterocycles. The predicted octanol–water partition coefficient (Wildman–Crippen LogP) is 4.43. The molecular formula is C27H29N3O4S. The van der Waals surface area contributed by atoms with Crippen molar-refractivity contribution in [2.45, 2.75) is 20.0 Å². The summed E-state index contributed by atoms with van der Waals surface area (Å²) in [6.45, 7) is 4.49. The van der Waals surface area contributed by atoms with E-state index in [1.807, 2.05) is 48.7 Å². The molecule has 0 N–H and O–H groups in total. The number of ether oxygens (including phenoxy) is 2. The molecule has 0 spiro atoms. The highest BCUT2D eigenvalue weighted by Crippen LogP contribution is 2.22. The molecule has 3 aromatic rings. The molecule has 182 valence electrons. The van der Waals surface area contributed by atoms with Gasteiger partial charge in [0.25, 0.3) is 5.91 Å². The number of amides is 2. The number of aryl methyl sites for hydroxylation is 1. The van der Waals surface area contributed by atoms with Crippen LogP contribution in [0, 0.1) is 6.92 Å². The number of aromatic nitrogens is 1. The number of benzene rings is 2. The Morgan fingerprint density at radius 3 is 2.49 bits per heavy atom. The fourth-order valence-electron chi connectivity index (χ4n) is 3.97. The van der Waals surface area contributed by atoms with E-state index in [1.165, 1.54) is 0 Å². The normalized spacial score (nSPS) is 14.1. The van der Waals surface area contributed by atoms with Crippen LogP contribution in [0.15, 0.2) is 60.0 Å². The molecule has 0 bridgehead atoms. The largest absolute Gasteiger partial charge is 0.496 e. The van der Waals surface area contributed by atoms with Crippen LogP contribution < -0.4 is 9.47 Å². The van der Waals surface area contributed by atoms with E-state index in [9.17, 15) is 9.59 Å². The third-order valence-corrected chi connectivity index (χ3v) is 6.62. The highest BCUT2D eigenvalue weighted by Gasteiger charge is 2.23. The highest BCUT2D eigenvalue weighted by molar-refractivity contribution is 7.09. The van der Waals surface area contributed by atoms with E-state index >= 15 is 0 Å². The van der Waals surface area contributed by atoms with Crippen molar-refractivity contribution in [2.75, 3.05) is 33.3 Å². The minimum Gasteiger partial charge on any atom is -0.496 e. The van der Waals surface area contributed by atoms with Gasteiger partial charge in [-0.15, -0.1) is 11.3 Å². The molecule has 2 heterocycles. The van der Waals surface area contributed by atoms with Crippen molar-refractivity contribution in [2.24, 2.45) is 0 Å². The molecule has 1 aliphatic rings. The van der Waals surface area contributed by atoms with Crippen molar-refractivity contribution in [1.82, 2.24) is 14.8 Å². The molecule has 4 rings (SSSR count). The van der Waals surface area contributed by atoms with Crippen LogP contribution in [0.2, 0.25) is 0 Å². The maximum Gasteiger partial charge on any atom is 0.257 e. The molecule has 2 aromatic carbocycles. The Balaban J connectivity index is 1.36. The number of carbonyl (C=O) groups excluding carboxylic acids is 2. The van der Waals surface area contributed by atoms with Crippen molar-refractivity contribution in [3.05, 3.63) is 81.8 Å². The quantitative estimate of drug-likeness (QED) is 0.458. The first-order valence-corrected chi connectivity index (χ1v) is 12.4. The molecule has 35 heavy (non-hydrogen) atoms. The maximum absolute atomic E-state index is 13.0. The van der Waals surface area contributed by atoms with Crippen LogP contribution in [0.1, 0.15) is 33.0 Å². The summed E-state index contributed by atoms with van der Waals surface area (Å²) < 4.78 is 11.3. The first-order chi connectivity index (χ1) is 17.0. The Kier molecular flexibility index (Phi) is 8.15. The van der Waals surface area contributed by atoms with Gasteiger partial charge in [-0.1, -0.05) is 30.3 Å². The van der Waals surface area contributed by atoms with Gasteiger partial charge in [0.15, 0.2) is 0 Å². The van der Waals surface area contributed by atoms with Gasteiger partial charge in [0.05, 0.1) is 23.4 Å². The van der Waals surface area contributed by atoms with Gasteiger partial charge in [-0.05, 0) is 37.6 Å². The first kappa shape index (κ1) is 24.5. The van der Waals surface area contributed by atoms with Gasteiger partial charge in [0.1, 0.15) is 18.1 Å². The zero-order chi connectivity index (χ0) is 24.6. The van der Waals surface area contributed by atoms with Crippen LogP contribution in [0.5, 0.6) is 11.5 Å². The molecule has 1 aromatic heterocycles. The highest BCUT2D eigenvalue weighted by atomic mass is 32.1. The van der Waals surface area contributed by atoms with E-state index in [0.717, 1.165) is 16.3 Å². The summed E-state index contributed by atoms with van der Waals surface area (Å²) in [5.74, 6) is 1.10. The number of methoxy groups -OCH3 is 1. The average Bonchev–Trinajstić information content (AvgIpc) is 3.15. The zero-order valence-corrected chi connectivity index (χ0v) is 20.8. The number of rotatable bonds is 7. The minimum absolute atomic E-state index is 0.0753. The molecule has 7 nitrogen and oxygen atoms in total. The predicted molar refractivity (Wildman–Crippen MR) is 137 cm³/mol. The van der Waals surface area contributed by atoms with Crippen LogP contribution in [-0.4, -0.2) is 59.9 Å². The number of nitrogens with zero attached hydrogens (tertiary/aromatic N) is 3. The lowest BCUT2D eigenvalue weighted by Crippen LogP contribution is -2.36. The second-order valence-electron chi connectivity index (χ2n) is 8.19. The summed E-state index contributed by atoms with van der Waals surface area (Å²) in [6, 6.07) is 14.8. The Morgan fingerprint density at radius 2 is 1.71 bits per heavy atom. The van der Waals surface area contributed by atoms with Crippen LogP contribution in [0.4, 0.5) is 0 Å². The zero-order valence-electron chi connectivity index (χ0n) is 20.0. The van der Waals surface area contributed by atoms with E-state index in [4.69, 9.17) is 9.47 Å². The monoisotopic (exact) mass is 491 g/mol. The van der Waals surface area contributed by atoms with Crippen molar-refractivity contribution >= 4 is 29.2 Å². The summed E-state index contributed by atoms with van der Waals surface area (Å²) in [4.78, 5) is 34.0. The number of carbonyl (C=O) groups is 2. The molecule has 0 saturated carbocycles. The lowest BCUT2D eigenvalue weighted by molar-refractivity contribution is -0.125. The average molecular weight is 492 g/mol. The SMILES string of the molecule is COc1ccccc1C(=O)N1CCCN(C(=O)/C=C/c2ccccc2OCc2csc(C)n2)CC1. The summed E-state index contributed by atoms with van der Waals surface area (Å²) in [5.41, 5.74) is 2.26. The minimum atomic E-state index is -0.0819. The van der Waals surface area contributed by atoms with E-state index in [-0.39, 0.29) is 11.8 Å². The van der Waals surface area contributed by atoms with Crippen LogP contribution in [0.3, 0.4) is 0 Å². The van der Waals surface area contributed by atoms with Gasteiger partial charge in [0.2, 0.25) is 5.91 Å². The Morgan fingerprint density at radius 1 is 1.00 bits per heavy atom. The Bertz CT molecular complexity index is 1210. The number of thiazole rings is 1. The maximum atomic E-state index is 13.0. The Hall–Kier alpha value is -3.65. The topological polar surface area (TPSA) is 72.0 Å². The summed E-state index contributed by atoms with van der Waals surface area (Å²) in [6.07, 6.45) is 4.08.